The fourth-order valence-electron chi connectivity index (χ4n) is 1.20. The average Bonchev–Trinajstić information content (AvgIpc) is 2.30. The number of carbonyl (C=O) groups is 3. The molecule has 0 spiro atoms. The van der Waals surface area contributed by atoms with Crippen molar-refractivity contribution in [2.45, 2.75) is 19.8 Å². The van der Waals surface area contributed by atoms with Crippen LogP contribution in [-0.2, 0) is 14.4 Å². The van der Waals surface area contributed by atoms with E-state index in [4.69, 9.17) is 10.2 Å². The number of aliphatic carboxylic acids is 1. The summed E-state index contributed by atoms with van der Waals surface area (Å²) in [6, 6.07) is 0. The molecular formula is C10H18N2O5. The molecule has 0 radical (unpaired) electrons. The Hall–Kier alpha value is -1.63. The molecule has 98 valence electrons. The fraction of sp³-hybridized carbons (Fsp3) is 0.700. The second kappa shape index (κ2) is 8.51. The van der Waals surface area contributed by atoms with Crippen molar-refractivity contribution in [1.82, 2.24) is 10.2 Å². The average molecular weight is 246 g/mol. The van der Waals surface area contributed by atoms with E-state index in [-0.39, 0.29) is 32.0 Å². The van der Waals surface area contributed by atoms with Gasteiger partial charge in [0.15, 0.2) is 0 Å². The van der Waals surface area contributed by atoms with Gasteiger partial charge in [-0.15, -0.1) is 0 Å². The van der Waals surface area contributed by atoms with Crippen molar-refractivity contribution >= 4 is 17.8 Å². The number of hydrogen-bond donors (Lipinski definition) is 3. The molecule has 0 unspecified atom stereocenters. The molecule has 0 bridgehead atoms. The Kier molecular flexibility index (Phi) is 7.70. The summed E-state index contributed by atoms with van der Waals surface area (Å²) >= 11 is 0. The zero-order chi connectivity index (χ0) is 13.3. The minimum atomic E-state index is -1.12. The van der Waals surface area contributed by atoms with Crippen molar-refractivity contribution in [3.8, 4) is 0 Å². The summed E-state index contributed by atoms with van der Waals surface area (Å²) in [5, 5.41) is 19.3. The van der Waals surface area contributed by atoms with Gasteiger partial charge in [-0.25, -0.2) is 0 Å². The van der Waals surface area contributed by atoms with Gasteiger partial charge in [0.1, 0.15) is 6.54 Å². The van der Waals surface area contributed by atoms with Gasteiger partial charge < -0.3 is 20.4 Å². The van der Waals surface area contributed by atoms with Crippen LogP contribution in [0.4, 0.5) is 0 Å². The van der Waals surface area contributed by atoms with E-state index in [0.29, 0.717) is 6.42 Å². The summed E-state index contributed by atoms with van der Waals surface area (Å²) < 4.78 is 0. The normalized spacial score (nSPS) is 9.76. The minimum absolute atomic E-state index is 0.0268. The van der Waals surface area contributed by atoms with Crippen LogP contribution in [-0.4, -0.2) is 59.1 Å². The highest BCUT2D eigenvalue weighted by Gasteiger charge is 2.12. The third-order valence-electron chi connectivity index (χ3n) is 2.07. The number of aliphatic hydroxyl groups excluding tert-OH is 1. The SMILES string of the molecule is CCC(=O)N(CCO)CCC(=O)NCC(=O)O. The van der Waals surface area contributed by atoms with Crippen molar-refractivity contribution in [3.63, 3.8) is 0 Å². The maximum atomic E-state index is 11.4. The Bertz CT molecular complexity index is 280. The first-order valence-electron chi connectivity index (χ1n) is 5.38. The topological polar surface area (TPSA) is 107 Å². The first-order chi connectivity index (χ1) is 8.01. The van der Waals surface area contributed by atoms with Crippen molar-refractivity contribution in [2.24, 2.45) is 0 Å². The van der Waals surface area contributed by atoms with Gasteiger partial charge in [-0.3, -0.25) is 14.4 Å². The van der Waals surface area contributed by atoms with Crippen LogP contribution in [0.25, 0.3) is 0 Å². The first kappa shape index (κ1) is 15.4. The second-order valence-corrected chi connectivity index (χ2v) is 3.38. The highest BCUT2D eigenvalue weighted by atomic mass is 16.4. The van der Waals surface area contributed by atoms with E-state index in [0.717, 1.165) is 0 Å². The van der Waals surface area contributed by atoms with Gasteiger partial charge in [-0.2, -0.15) is 0 Å². The third kappa shape index (κ3) is 7.29. The summed E-state index contributed by atoms with van der Waals surface area (Å²) in [5.74, 6) is -1.69. The lowest BCUT2D eigenvalue weighted by molar-refractivity contribution is -0.138. The molecular weight excluding hydrogens is 228 g/mol. The highest BCUT2D eigenvalue weighted by Crippen LogP contribution is 1.96. The van der Waals surface area contributed by atoms with E-state index in [2.05, 4.69) is 5.32 Å². The summed E-state index contributed by atoms with van der Waals surface area (Å²) in [6.07, 6.45) is 0.329. The number of amides is 2. The van der Waals surface area contributed by atoms with Crippen molar-refractivity contribution in [2.75, 3.05) is 26.2 Å². The van der Waals surface area contributed by atoms with E-state index in [9.17, 15) is 14.4 Å². The van der Waals surface area contributed by atoms with Gasteiger partial charge >= 0.3 is 5.97 Å². The summed E-state index contributed by atoms with van der Waals surface area (Å²) in [5.41, 5.74) is 0. The number of rotatable bonds is 8. The van der Waals surface area contributed by atoms with Crippen LogP contribution in [0.1, 0.15) is 19.8 Å². The number of nitrogens with zero attached hydrogens (tertiary/aromatic N) is 1. The molecule has 0 saturated heterocycles. The molecule has 0 fully saturated rings. The van der Waals surface area contributed by atoms with Crippen LogP contribution in [0.2, 0.25) is 0 Å². The van der Waals surface area contributed by atoms with Gasteiger partial charge in [-0.1, -0.05) is 6.92 Å². The lowest BCUT2D eigenvalue weighted by atomic mass is 10.3. The van der Waals surface area contributed by atoms with E-state index in [1.807, 2.05) is 0 Å². The summed E-state index contributed by atoms with van der Waals surface area (Å²) in [7, 11) is 0. The second-order valence-electron chi connectivity index (χ2n) is 3.38. The van der Waals surface area contributed by atoms with Gasteiger partial charge in [-0.05, 0) is 0 Å². The van der Waals surface area contributed by atoms with Gasteiger partial charge in [0, 0.05) is 25.9 Å². The predicted molar refractivity (Wildman–Crippen MR) is 59.2 cm³/mol. The number of nitrogens with one attached hydrogen (secondary N) is 1. The fourth-order valence-corrected chi connectivity index (χ4v) is 1.20. The smallest absolute Gasteiger partial charge is 0.322 e. The Labute approximate surface area is 99.4 Å². The Morgan fingerprint density at radius 3 is 2.35 bits per heavy atom. The predicted octanol–water partition coefficient (Wildman–Crippen LogP) is -1.19. The Balaban J connectivity index is 3.99. The summed E-state index contributed by atoms with van der Waals surface area (Å²) in [4.78, 5) is 34.1. The third-order valence-corrected chi connectivity index (χ3v) is 2.07. The van der Waals surface area contributed by atoms with Crippen molar-refractivity contribution in [3.05, 3.63) is 0 Å². The molecule has 3 N–H and O–H groups in total. The van der Waals surface area contributed by atoms with Gasteiger partial charge in [0.25, 0.3) is 0 Å². The molecule has 0 aromatic carbocycles. The largest absolute Gasteiger partial charge is 0.480 e. The molecule has 0 aromatic heterocycles. The lowest BCUT2D eigenvalue weighted by Crippen LogP contribution is -2.37. The lowest BCUT2D eigenvalue weighted by Gasteiger charge is -2.20. The molecule has 17 heavy (non-hydrogen) atoms. The molecule has 0 aromatic rings. The molecule has 0 saturated carbocycles. The first-order valence-corrected chi connectivity index (χ1v) is 5.38. The quantitative estimate of drug-likeness (QED) is 0.499. The number of hydrogen-bond acceptors (Lipinski definition) is 4. The standard InChI is InChI=1S/C10H18N2O5/c1-2-9(15)12(5-6-13)4-3-8(14)11-7-10(16)17/h13H,2-7H2,1H3,(H,11,14)(H,16,17). The minimum Gasteiger partial charge on any atom is -0.480 e. The zero-order valence-electron chi connectivity index (χ0n) is 9.81. The van der Waals surface area contributed by atoms with E-state index in [1.165, 1.54) is 4.90 Å². The van der Waals surface area contributed by atoms with Crippen molar-refractivity contribution < 1.29 is 24.6 Å². The van der Waals surface area contributed by atoms with Gasteiger partial charge in [0.05, 0.1) is 6.61 Å². The number of carbonyl (C=O) groups excluding carboxylic acids is 2. The Morgan fingerprint density at radius 2 is 1.88 bits per heavy atom. The van der Waals surface area contributed by atoms with Gasteiger partial charge in [0.2, 0.25) is 11.8 Å². The van der Waals surface area contributed by atoms with E-state index < -0.39 is 18.4 Å². The summed E-state index contributed by atoms with van der Waals surface area (Å²) in [6.45, 7) is 1.46. The number of carboxylic acids is 1. The van der Waals surface area contributed by atoms with Crippen molar-refractivity contribution in [1.29, 1.82) is 0 Å². The maximum absolute atomic E-state index is 11.4. The molecule has 7 nitrogen and oxygen atoms in total. The van der Waals surface area contributed by atoms with Crippen LogP contribution in [0.15, 0.2) is 0 Å². The van der Waals surface area contributed by atoms with Crippen LogP contribution < -0.4 is 5.32 Å². The molecule has 0 aliphatic heterocycles. The maximum Gasteiger partial charge on any atom is 0.322 e. The molecule has 0 heterocycles. The van der Waals surface area contributed by atoms with E-state index >= 15 is 0 Å². The monoisotopic (exact) mass is 246 g/mol. The molecule has 0 aliphatic carbocycles. The van der Waals surface area contributed by atoms with Crippen LogP contribution in [0, 0.1) is 0 Å². The van der Waals surface area contributed by atoms with Crippen LogP contribution in [0.5, 0.6) is 0 Å². The van der Waals surface area contributed by atoms with E-state index in [1.54, 1.807) is 6.92 Å². The molecule has 0 atom stereocenters. The molecule has 0 rings (SSSR count). The number of carboxylic acid groups (broad SMARTS) is 1. The molecule has 0 aliphatic rings. The number of aliphatic hydroxyl groups is 1. The zero-order valence-corrected chi connectivity index (χ0v) is 9.81. The van der Waals surface area contributed by atoms with Crippen LogP contribution in [0.3, 0.4) is 0 Å². The molecule has 2 amide bonds. The molecule has 7 heteroatoms. The Morgan fingerprint density at radius 1 is 1.24 bits per heavy atom. The highest BCUT2D eigenvalue weighted by molar-refractivity contribution is 5.82. The van der Waals surface area contributed by atoms with Crippen LogP contribution >= 0.6 is 0 Å².